The van der Waals surface area contributed by atoms with Crippen LogP contribution in [0.15, 0.2) is 48.5 Å². The highest BCUT2D eigenvalue weighted by molar-refractivity contribution is 5.92. The lowest BCUT2D eigenvalue weighted by Crippen LogP contribution is -2.52. The van der Waals surface area contributed by atoms with Gasteiger partial charge in [0.25, 0.3) is 0 Å². The molecule has 3 amide bonds. The molecule has 0 bridgehead atoms. The Labute approximate surface area is 222 Å². The van der Waals surface area contributed by atoms with Crippen LogP contribution in [-0.2, 0) is 20.9 Å². The summed E-state index contributed by atoms with van der Waals surface area (Å²) < 4.78 is 5.35. The molecule has 0 saturated carbocycles. The zero-order valence-electron chi connectivity index (χ0n) is 23.4. The lowest BCUT2D eigenvalue weighted by atomic mass is 9.96. The number of unbranched alkanes of at least 4 members (excludes halogenated alkanes) is 2. The van der Waals surface area contributed by atoms with Crippen LogP contribution in [0.4, 0.5) is 4.79 Å². The molecule has 0 saturated heterocycles. The number of carbonyl (C=O) groups is 3. The fourth-order valence-corrected chi connectivity index (χ4v) is 4.16. The van der Waals surface area contributed by atoms with Crippen molar-refractivity contribution in [3.63, 3.8) is 0 Å². The highest BCUT2D eigenvalue weighted by Crippen LogP contribution is 2.27. The molecule has 2 unspecified atom stereocenters. The highest BCUT2D eigenvalue weighted by Gasteiger charge is 2.35. The molecule has 2 aromatic carbocycles. The molecule has 0 spiro atoms. The van der Waals surface area contributed by atoms with Crippen molar-refractivity contribution < 1.29 is 19.1 Å². The van der Waals surface area contributed by atoms with Crippen LogP contribution in [0, 0.1) is 13.8 Å². The van der Waals surface area contributed by atoms with Gasteiger partial charge in [0.15, 0.2) is 0 Å². The van der Waals surface area contributed by atoms with Crippen LogP contribution < -0.4 is 10.6 Å². The number of benzene rings is 2. The number of hydrogen-bond acceptors (Lipinski definition) is 4. The van der Waals surface area contributed by atoms with Gasteiger partial charge in [-0.2, -0.15) is 0 Å². The minimum atomic E-state index is -0.869. The lowest BCUT2D eigenvalue weighted by molar-refractivity contribution is -0.142. The maximum absolute atomic E-state index is 13.8. The topological polar surface area (TPSA) is 87.7 Å². The van der Waals surface area contributed by atoms with Crippen molar-refractivity contribution in [3.8, 4) is 0 Å². The Balaban J connectivity index is 2.40. The summed E-state index contributed by atoms with van der Waals surface area (Å²) in [6.07, 6.45) is 1.97. The van der Waals surface area contributed by atoms with Gasteiger partial charge in [-0.25, -0.2) is 4.79 Å². The standard InChI is InChI=1S/C30H43N3O4/c1-8-9-13-18-33(28(35)23(4)32-29(36)37-30(5,6)7)26(25-17-16-21(2)19-22(25)3)27(34)31-20-24-14-11-10-12-15-24/h10-12,14-17,19,23,26H,8-9,13,18,20H2,1-7H3,(H,31,34)(H,32,36). The van der Waals surface area contributed by atoms with E-state index in [-0.39, 0.29) is 11.8 Å². The van der Waals surface area contributed by atoms with E-state index in [2.05, 4.69) is 17.6 Å². The Bertz CT molecular complexity index is 1050. The molecule has 2 rings (SSSR count). The molecule has 0 fully saturated rings. The summed E-state index contributed by atoms with van der Waals surface area (Å²) in [5.41, 5.74) is 3.06. The van der Waals surface area contributed by atoms with Crippen molar-refractivity contribution in [2.75, 3.05) is 6.54 Å². The van der Waals surface area contributed by atoms with Gasteiger partial charge in [0.1, 0.15) is 17.7 Å². The van der Waals surface area contributed by atoms with Gasteiger partial charge in [0.2, 0.25) is 11.8 Å². The fourth-order valence-electron chi connectivity index (χ4n) is 4.16. The molecule has 37 heavy (non-hydrogen) atoms. The predicted molar refractivity (Wildman–Crippen MR) is 147 cm³/mol. The van der Waals surface area contributed by atoms with Gasteiger partial charge in [0, 0.05) is 13.1 Å². The van der Waals surface area contributed by atoms with Gasteiger partial charge in [-0.3, -0.25) is 9.59 Å². The first-order valence-electron chi connectivity index (χ1n) is 13.1. The van der Waals surface area contributed by atoms with E-state index < -0.39 is 23.8 Å². The van der Waals surface area contributed by atoms with E-state index in [4.69, 9.17) is 4.74 Å². The van der Waals surface area contributed by atoms with Gasteiger partial charge in [0.05, 0.1) is 0 Å². The smallest absolute Gasteiger partial charge is 0.408 e. The molecule has 0 aromatic heterocycles. The van der Waals surface area contributed by atoms with E-state index in [1.54, 1.807) is 32.6 Å². The first-order valence-corrected chi connectivity index (χ1v) is 13.1. The van der Waals surface area contributed by atoms with Crippen LogP contribution >= 0.6 is 0 Å². The van der Waals surface area contributed by atoms with E-state index in [1.807, 2.05) is 62.4 Å². The second kappa shape index (κ2) is 13.8. The van der Waals surface area contributed by atoms with Gasteiger partial charge in [-0.05, 0) is 64.7 Å². The minimum Gasteiger partial charge on any atom is -0.444 e. The van der Waals surface area contributed by atoms with E-state index in [9.17, 15) is 14.4 Å². The number of ether oxygens (including phenoxy) is 1. The molecular formula is C30H43N3O4. The third-order valence-electron chi connectivity index (χ3n) is 5.98. The van der Waals surface area contributed by atoms with Crippen LogP contribution in [-0.4, -0.2) is 41.0 Å². The summed E-state index contributed by atoms with van der Waals surface area (Å²) in [5.74, 6) is -0.591. The van der Waals surface area contributed by atoms with Gasteiger partial charge in [-0.15, -0.1) is 0 Å². The van der Waals surface area contributed by atoms with Gasteiger partial charge < -0.3 is 20.3 Å². The fraction of sp³-hybridized carbons (Fsp3) is 0.500. The molecule has 7 heteroatoms. The number of rotatable bonds is 11. The van der Waals surface area contributed by atoms with Crippen LogP contribution in [0.2, 0.25) is 0 Å². The Hall–Kier alpha value is -3.35. The molecule has 0 heterocycles. The van der Waals surface area contributed by atoms with Crippen molar-refractivity contribution in [3.05, 3.63) is 70.8 Å². The van der Waals surface area contributed by atoms with Gasteiger partial charge in [-0.1, -0.05) is 73.9 Å². The molecule has 2 aromatic rings. The third-order valence-corrected chi connectivity index (χ3v) is 5.98. The summed E-state index contributed by atoms with van der Waals surface area (Å²) in [6, 6.07) is 13.9. The quantitative estimate of drug-likeness (QED) is 0.386. The monoisotopic (exact) mass is 509 g/mol. The summed E-state index contributed by atoms with van der Waals surface area (Å²) in [7, 11) is 0. The van der Waals surface area contributed by atoms with E-state index in [0.29, 0.717) is 13.1 Å². The normalized spacial score (nSPS) is 12.8. The third kappa shape index (κ3) is 9.56. The van der Waals surface area contributed by atoms with Crippen molar-refractivity contribution in [2.24, 2.45) is 0 Å². The predicted octanol–water partition coefficient (Wildman–Crippen LogP) is 5.59. The highest BCUT2D eigenvalue weighted by atomic mass is 16.6. The first kappa shape index (κ1) is 29.9. The van der Waals surface area contributed by atoms with Crippen molar-refractivity contribution >= 4 is 17.9 Å². The number of nitrogens with zero attached hydrogens (tertiary/aromatic N) is 1. The Kier molecular flexibility index (Phi) is 11.2. The summed E-state index contributed by atoms with van der Waals surface area (Å²) in [6.45, 7) is 13.7. The van der Waals surface area contributed by atoms with E-state index >= 15 is 0 Å². The molecule has 0 aliphatic heterocycles. The summed E-state index contributed by atoms with van der Waals surface area (Å²) >= 11 is 0. The second-order valence-electron chi connectivity index (χ2n) is 10.6. The Morgan fingerprint density at radius 1 is 1.00 bits per heavy atom. The molecule has 0 radical (unpaired) electrons. The van der Waals surface area contributed by atoms with Crippen molar-refractivity contribution in [1.29, 1.82) is 0 Å². The molecule has 2 atom stereocenters. The lowest BCUT2D eigenvalue weighted by Gasteiger charge is -2.34. The Morgan fingerprint density at radius 2 is 1.68 bits per heavy atom. The molecule has 0 aliphatic carbocycles. The van der Waals surface area contributed by atoms with Crippen molar-refractivity contribution in [1.82, 2.24) is 15.5 Å². The van der Waals surface area contributed by atoms with Crippen LogP contribution in [0.5, 0.6) is 0 Å². The molecule has 202 valence electrons. The van der Waals surface area contributed by atoms with Gasteiger partial charge >= 0.3 is 6.09 Å². The zero-order valence-corrected chi connectivity index (χ0v) is 23.4. The summed E-state index contributed by atoms with van der Waals surface area (Å²) in [4.78, 5) is 41.5. The molecular weight excluding hydrogens is 466 g/mol. The maximum Gasteiger partial charge on any atom is 0.408 e. The largest absolute Gasteiger partial charge is 0.444 e. The number of amides is 3. The van der Waals surface area contributed by atoms with Crippen LogP contribution in [0.3, 0.4) is 0 Å². The average molecular weight is 510 g/mol. The number of alkyl carbamates (subject to hydrolysis) is 1. The minimum absolute atomic E-state index is 0.259. The van der Waals surface area contributed by atoms with Crippen LogP contribution in [0.1, 0.15) is 82.2 Å². The number of aryl methyl sites for hydroxylation is 2. The number of hydrogen-bond donors (Lipinski definition) is 2. The molecule has 0 aliphatic rings. The van der Waals surface area contributed by atoms with Crippen molar-refractivity contribution in [2.45, 2.75) is 92.0 Å². The summed E-state index contributed by atoms with van der Waals surface area (Å²) in [5, 5.41) is 5.68. The maximum atomic E-state index is 13.8. The second-order valence-corrected chi connectivity index (χ2v) is 10.6. The first-order chi connectivity index (χ1) is 17.4. The molecule has 2 N–H and O–H groups in total. The number of carbonyl (C=O) groups excluding carboxylic acids is 3. The average Bonchev–Trinajstić information content (AvgIpc) is 2.82. The van der Waals surface area contributed by atoms with Crippen LogP contribution in [0.25, 0.3) is 0 Å². The zero-order chi connectivity index (χ0) is 27.6. The van der Waals surface area contributed by atoms with E-state index in [0.717, 1.165) is 41.5 Å². The molecule has 7 nitrogen and oxygen atoms in total. The van der Waals surface area contributed by atoms with E-state index in [1.165, 1.54) is 0 Å². The SMILES string of the molecule is CCCCCN(C(=O)C(C)NC(=O)OC(C)(C)C)C(C(=O)NCc1ccccc1)c1ccc(C)cc1C. The Morgan fingerprint density at radius 3 is 2.27 bits per heavy atom. The number of nitrogens with one attached hydrogen (secondary N) is 2.